The van der Waals surface area contributed by atoms with Crippen LogP contribution >= 0.6 is 35.3 Å². The van der Waals surface area contributed by atoms with Gasteiger partial charge in [0.1, 0.15) is 17.4 Å². The number of hydrogen-bond donors (Lipinski definition) is 4. The minimum absolute atomic E-state index is 0. The summed E-state index contributed by atoms with van der Waals surface area (Å²) in [6.07, 6.45) is 1.65. The Morgan fingerprint density at radius 1 is 1.18 bits per heavy atom. The highest BCUT2D eigenvalue weighted by Crippen LogP contribution is 2.37. The van der Waals surface area contributed by atoms with Crippen LogP contribution in [0.25, 0.3) is 22.4 Å². The second-order valence-corrected chi connectivity index (χ2v) is 9.48. The van der Waals surface area contributed by atoms with E-state index in [0.717, 1.165) is 11.3 Å². The van der Waals surface area contributed by atoms with Gasteiger partial charge in [0.25, 0.3) is 5.91 Å². The number of carbonyl (C=O) groups is 2. The van der Waals surface area contributed by atoms with E-state index in [9.17, 15) is 20.0 Å². The summed E-state index contributed by atoms with van der Waals surface area (Å²) in [5.41, 5.74) is 7.98. The van der Waals surface area contributed by atoms with Gasteiger partial charge in [0, 0.05) is 45.9 Å². The van der Waals surface area contributed by atoms with Gasteiger partial charge in [-0.25, -0.2) is 9.97 Å². The highest BCUT2D eigenvalue weighted by Gasteiger charge is 2.20. The third kappa shape index (κ3) is 6.65. The van der Waals surface area contributed by atoms with Crippen LogP contribution in [0.4, 0.5) is 11.5 Å². The number of nitrogens with two attached hydrogens (primary N) is 1. The zero-order chi connectivity index (χ0) is 26.5. The largest absolute Gasteiger partial charge is 0.507 e. The Hall–Kier alpha value is -4.01. The lowest BCUT2D eigenvalue weighted by molar-refractivity contribution is -0.116. The van der Waals surface area contributed by atoms with Gasteiger partial charge >= 0.3 is 0 Å². The lowest BCUT2D eigenvalue weighted by Crippen LogP contribution is -2.23. The summed E-state index contributed by atoms with van der Waals surface area (Å²) in [6, 6.07) is 14.9. The molecule has 2 aromatic heterocycles. The first kappa shape index (κ1) is 28.6. The molecule has 0 aliphatic carbocycles. The molecule has 0 spiro atoms. The quantitative estimate of drug-likeness (QED) is 0.231. The highest BCUT2D eigenvalue weighted by atomic mass is 35.5. The minimum Gasteiger partial charge on any atom is -0.507 e. The van der Waals surface area contributed by atoms with Crippen LogP contribution in [0.1, 0.15) is 28.7 Å². The van der Waals surface area contributed by atoms with E-state index in [1.54, 1.807) is 54.8 Å². The van der Waals surface area contributed by atoms with E-state index in [2.05, 4.69) is 26.7 Å². The second kappa shape index (κ2) is 12.5. The van der Waals surface area contributed by atoms with E-state index in [-0.39, 0.29) is 52.9 Å². The summed E-state index contributed by atoms with van der Waals surface area (Å²) in [5, 5.41) is 28.3. The number of phenols is 1. The van der Waals surface area contributed by atoms with Crippen molar-refractivity contribution in [3.8, 4) is 34.2 Å². The maximum absolute atomic E-state index is 12.8. The summed E-state index contributed by atoms with van der Waals surface area (Å²) in [4.78, 5) is 33.5. The van der Waals surface area contributed by atoms with Crippen LogP contribution in [0.15, 0.2) is 60.1 Å². The summed E-state index contributed by atoms with van der Waals surface area (Å²) in [6.45, 7) is 1.74. The molecule has 1 atom stereocenters. The van der Waals surface area contributed by atoms with Crippen molar-refractivity contribution < 1.29 is 14.7 Å². The van der Waals surface area contributed by atoms with Gasteiger partial charge in [-0.1, -0.05) is 23.7 Å². The van der Waals surface area contributed by atoms with Crippen LogP contribution in [0.2, 0.25) is 5.02 Å². The maximum atomic E-state index is 12.8. The number of hydrogen-bond acceptors (Lipinski definition) is 8. The number of carbonyl (C=O) groups excluding carboxylic acids is 2. The van der Waals surface area contributed by atoms with Gasteiger partial charge in [0.05, 0.1) is 5.69 Å². The standard InChI is InChI=1S/C26H21ClN6O3S.ClH/c1-14(29)9-23(35)31-17-4-2-3-15(10-17)19-12-21(18-6-5-16(27)11-22(18)34)32-24(20(19)13-28)33-25(36)26-30-7-8-37-26;/h2-8,10-12,14,34H,9,29H2,1H3,(H,31,35)(H,32,33,36);1H/t14-;/m0./s1. The highest BCUT2D eigenvalue weighted by molar-refractivity contribution is 7.11. The van der Waals surface area contributed by atoms with E-state index in [0.29, 0.717) is 33.1 Å². The normalized spacial score (nSPS) is 11.1. The van der Waals surface area contributed by atoms with Crippen LogP contribution in [0.3, 0.4) is 0 Å². The van der Waals surface area contributed by atoms with Crippen LogP contribution in [0.5, 0.6) is 5.75 Å². The molecule has 2 heterocycles. The van der Waals surface area contributed by atoms with Gasteiger partial charge in [-0.05, 0) is 48.9 Å². The van der Waals surface area contributed by atoms with Crippen molar-refractivity contribution >= 4 is 58.7 Å². The molecule has 38 heavy (non-hydrogen) atoms. The molecule has 0 radical (unpaired) electrons. The summed E-state index contributed by atoms with van der Waals surface area (Å²) in [7, 11) is 0. The van der Waals surface area contributed by atoms with E-state index < -0.39 is 5.91 Å². The average Bonchev–Trinajstić information content (AvgIpc) is 3.38. The molecule has 0 unspecified atom stereocenters. The van der Waals surface area contributed by atoms with Crippen LogP contribution < -0.4 is 16.4 Å². The first-order chi connectivity index (χ1) is 17.7. The fourth-order valence-corrected chi connectivity index (χ4v) is 4.30. The first-order valence-corrected chi connectivity index (χ1v) is 12.3. The molecule has 5 N–H and O–H groups in total. The second-order valence-electron chi connectivity index (χ2n) is 8.15. The van der Waals surface area contributed by atoms with Gasteiger partial charge in [-0.3, -0.25) is 9.59 Å². The molecule has 0 bridgehead atoms. The Bertz CT molecular complexity index is 1520. The van der Waals surface area contributed by atoms with Crippen molar-refractivity contribution in [1.29, 1.82) is 5.26 Å². The van der Waals surface area contributed by atoms with E-state index in [4.69, 9.17) is 17.3 Å². The van der Waals surface area contributed by atoms with Gasteiger partial charge in [0.2, 0.25) is 5.91 Å². The number of nitrogens with zero attached hydrogens (tertiary/aromatic N) is 3. The molecule has 194 valence electrons. The number of amides is 2. The molecule has 0 aliphatic rings. The van der Waals surface area contributed by atoms with Crippen molar-refractivity contribution in [2.45, 2.75) is 19.4 Å². The van der Waals surface area contributed by atoms with Crippen molar-refractivity contribution in [3.05, 3.63) is 75.7 Å². The average molecular weight is 569 g/mol. The van der Waals surface area contributed by atoms with Crippen molar-refractivity contribution in [2.24, 2.45) is 5.73 Å². The number of pyridine rings is 1. The number of aromatic nitrogens is 2. The molecular weight excluding hydrogens is 547 g/mol. The smallest absolute Gasteiger partial charge is 0.285 e. The zero-order valence-corrected chi connectivity index (χ0v) is 22.3. The molecule has 4 rings (SSSR count). The minimum atomic E-state index is -0.528. The number of benzene rings is 2. The Morgan fingerprint density at radius 3 is 2.63 bits per heavy atom. The summed E-state index contributed by atoms with van der Waals surface area (Å²) in [5.74, 6) is -0.898. The van der Waals surface area contributed by atoms with Crippen molar-refractivity contribution in [3.63, 3.8) is 0 Å². The number of aromatic hydroxyl groups is 1. The molecular formula is C26H22Cl2N6O3S. The Kier molecular flexibility index (Phi) is 9.39. The molecule has 2 aromatic carbocycles. The Balaban J connectivity index is 0.00000400. The fourth-order valence-electron chi connectivity index (χ4n) is 3.60. The molecule has 9 nitrogen and oxygen atoms in total. The predicted molar refractivity (Wildman–Crippen MR) is 151 cm³/mol. The lowest BCUT2D eigenvalue weighted by atomic mass is 9.97. The molecule has 12 heteroatoms. The summed E-state index contributed by atoms with van der Waals surface area (Å²) < 4.78 is 0. The topological polar surface area (TPSA) is 154 Å². The first-order valence-electron chi connectivity index (χ1n) is 11.1. The lowest BCUT2D eigenvalue weighted by Gasteiger charge is -2.15. The van der Waals surface area contributed by atoms with Gasteiger partial charge in [-0.2, -0.15) is 5.26 Å². The molecule has 0 saturated carbocycles. The van der Waals surface area contributed by atoms with Gasteiger partial charge in [-0.15, -0.1) is 23.7 Å². The van der Waals surface area contributed by atoms with Crippen molar-refractivity contribution in [1.82, 2.24) is 9.97 Å². The molecule has 4 aromatic rings. The van der Waals surface area contributed by atoms with E-state index >= 15 is 0 Å². The Labute approximate surface area is 233 Å². The van der Waals surface area contributed by atoms with Crippen molar-refractivity contribution in [2.75, 3.05) is 10.6 Å². The molecule has 0 aliphatic heterocycles. The third-order valence-electron chi connectivity index (χ3n) is 5.19. The SMILES string of the molecule is C[C@H](N)CC(=O)Nc1cccc(-c2cc(-c3ccc(Cl)cc3O)nc(NC(=O)c3nccs3)c2C#N)c1.Cl. The van der Waals surface area contributed by atoms with Crippen LogP contribution in [-0.2, 0) is 4.79 Å². The fraction of sp³-hybridized carbons (Fsp3) is 0.115. The number of halogens is 2. The number of rotatable bonds is 7. The van der Waals surface area contributed by atoms with Gasteiger partial charge in [0.15, 0.2) is 10.8 Å². The van der Waals surface area contributed by atoms with Crippen LogP contribution in [0, 0.1) is 11.3 Å². The number of nitriles is 1. The van der Waals surface area contributed by atoms with Gasteiger partial charge < -0.3 is 21.5 Å². The number of anilines is 2. The van der Waals surface area contributed by atoms with Crippen LogP contribution in [-0.4, -0.2) is 32.9 Å². The number of thiazole rings is 1. The Morgan fingerprint density at radius 2 is 1.97 bits per heavy atom. The molecule has 0 fully saturated rings. The molecule has 0 saturated heterocycles. The third-order valence-corrected chi connectivity index (χ3v) is 6.20. The zero-order valence-electron chi connectivity index (χ0n) is 19.9. The van der Waals surface area contributed by atoms with E-state index in [1.165, 1.54) is 12.3 Å². The molecule has 2 amide bonds. The predicted octanol–water partition coefficient (Wildman–Crippen LogP) is 5.45. The monoisotopic (exact) mass is 568 g/mol. The number of nitrogens with one attached hydrogen (secondary N) is 2. The maximum Gasteiger partial charge on any atom is 0.285 e. The summed E-state index contributed by atoms with van der Waals surface area (Å²) >= 11 is 7.14. The van der Waals surface area contributed by atoms with E-state index in [1.807, 2.05) is 0 Å². The number of phenolic OH excluding ortho intramolecular Hbond substituents is 1.